The van der Waals surface area contributed by atoms with Crippen LogP contribution in [-0.4, -0.2) is 13.1 Å². The molecule has 0 saturated carbocycles. The molecule has 3 unspecified atom stereocenters. The molecule has 1 heteroatoms. The van der Waals surface area contributed by atoms with Crippen LogP contribution in [0.3, 0.4) is 0 Å². The van der Waals surface area contributed by atoms with E-state index in [9.17, 15) is 0 Å². The second-order valence-corrected chi connectivity index (χ2v) is 6.16. The Morgan fingerprint density at radius 2 is 2.00 bits per heavy atom. The van der Waals surface area contributed by atoms with Crippen molar-refractivity contribution < 1.29 is 0 Å². The summed E-state index contributed by atoms with van der Waals surface area (Å²) < 4.78 is 0. The number of hydrogen-bond donors (Lipinski definition) is 1. The standard InChI is InChI=1S/C18H29N/c1-5-7-12-18(6-2)14(3)17(19-4)13-15-10-8-9-11-16(15)18/h8-11,14,17,19H,5-7,12-13H2,1-4H3. The van der Waals surface area contributed by atoms with Crippen molar-refractivity contribution in [2.24, 2.45) is 5.92 Å². The molecular formula is C18H29N. The molecule has 0 spiro atoms. The fourth-order valence-corrected chi connectivity index (χ4v) is 4.12. The highest BCUT2D eigenvalue weighted by molar-refractivity contribution is 5.39. The fourth-order valence-electron chi connectivity index (χ4n) is 4.12. The van der Waals surface area contributed by atoms with Crippen LogP contribution in [-0.2, 0) is 11.8 Å². The van der Waals surface area contributed by atoms with Crippen LogP contribution >= 0.6 is 0 Å². The van der Waals surface area contributed by atoms with Gasteiger partial charge in [-0.1, -0.05) is 57.9 Å². The molecule has 1 aliphatic rings. The maximum Gasteiger partial charge on any atom is 0.0139 e. The molecule has 1 nitrogen and oxygen atoms in total. The lowest BCUT2D eigenvalue weighted by Gasteiger charge is -2.48. The van der Waals surface area contributed by atoms with Crippen molar-refractivity contribution in [3.8, 4) is 0 Å². The van der Waals surface area contributed by atoms with Crippen molar-refractivity contribution >= 4 is 0 Å². The highest BCUT2D eigenvalue weighted by Crippen LogP contribution is 2.47. The third-order valence-electron chi connectivity index (χ3n) is 5.45. The van der Waals surface area contributed by atoms with Gasteiger partial charge in [0, 0.05) is 6.04 Å². The van der Waals surface area contributed by atoms with Crippen molar-refractivity contribution in [3.05, 3.63) is 35.4 Å². The van der Waals surface area contributed by atoms with E-state index < -0.39 is 0 Å². The lowest BCUT2D eigenvalue weighted by atomic mass is 9.58. The van der Waals surface area contributed by atoms with Crippen LogP contribution in [0.2, 0.25) is 0 Å². The highest BCUT2D eigenvalue weighted by Gasteiger charge is 2.43. The topological polar surface area (TPSA) is 12.0 Å². The van der Waals surface area contributed by atoms with E-state index in [1.54, 1.807) is 11.1 Å². The minimum atomic E-state index is 0.374. The molecule has 0 saturated heterocycles. The lowest BCUT2D eigenvalue weighted by molar-refractivity contribution is 0.180. The fraction of sp³-hybridized carbons (Fsp3) is 0.667. The van der Waals surface area contributed by atoms with Gasteiger partial charge in [0.25, 0.3) is 0 Å². The van der Waals surface area contributed by atoms with Crippen LogP contribution in [0.5, 0.6) is 0 Å². The summed E-state index contributed by atoms with van der Waals surface area (Å²) in [7, 11) is 2.12. The zero-order chi connectivity index (χ0) is 13.9. The number of unbranched alkanes of at least 4 members (excludes halogenated alkanes) is 1. The van der Waals surface area contributed by atoms with Gasteiger partial charge in [-0.05, 0) is 48.8 Å². The van der Waals surface area contributed by atoms with Crippen LogP contribution < -0.4 is 5.32 Å². The summed E-state index contributed by atoms with van der Waals surface area (Å²) in [4.78, 5) is 0. The van der Waals surface area contributed by atoms with Crippen LogP contribution in [0.4, 0.5) is 0 Å². The highest BCUT2D eigenvalue weighted by atomic mass is 14.9. The summed E-state index contributed by atoms with van der Waals surface area (Å²) in [5.41, 5.74) is 3.57. The first-order valence-corrected chi connectivity index (χ1v) is 7.95. The van der Waals surface area contributed by atoms with Crippen molar-refractivity contribution in [1.82, 2.24) is 5.32 Å². The van der Waals surface area contributed by atoms with Crippen molar-refractivity contribution in [3.63, 3.8) is 0 Å². The Bertz CT molecular complexity index is 412. The summed E-state index contributed by atoms with van der Waals surface area (Å²) in [6.07, 6.45) is 6.39. The van der Waals surface area contributed by atoms with E-state index in [1.165, 1.54) is 32.1 Å². The summed E-state index contributed by atoms with van der Waals surface area (Å²) >= 11 is 0. The van der Waals surface area contributed by atoms with Gasteiger partial charge in [-0.2, -0.15) is 0 Å². The SMILES string of the molecule is CCCCC1(CC)c2ccccc2CC(NC)C1C. The van der Waals surface area contributed by atoms with Crippen LogP contribution in [0, 0.1) is 5.92 Å². The quantitative estimate of drug-likeness (QED) is 0.831. The van der Waals surface area contributed by atoms with Gasteiger partial charge in [0.1, 0.15) is 0 Å². The van der Waals surface area contributed by atoms with Gasteiger partial charge in [0.15, 0.2) is 0 Å². The van der Waals surface area contributed by atoms with Gasteiger partial charge >= 0.3 is 0 Å². The number of fused-ring (bicyclic) bond motifs is 1. The van der Waals surface area contributed by atoms with Crippen molar-refractivity contribution in [1.29, 1.82) is 0 Å². The average molecular weight is 259 g/mol. The Morgan fingerprint density at radius 1 is 1.26 bits per heavy atom. The summed E-state index contributed by atoms with van der Waals surface area (Å²) in [6.45, 7) is 7.13. The number of nitrogens with one attached hydrogen (secondary N) is 1. The Labute approximate surface area is 118 Å². The molecule has 19 heavy (non-hydrogen) atoms. The van der Waals surface area contributed by atoms with Crippen LogP contribution in [0.15, 0.2) is 24.3 Å². The maximum absolute atomic E-state index is 3.56. The normalized spacial score (nSPS) is 30.1. The van der Waals surface area contributed by atoms with Crippen molar-refractivity contribution in [2.45, 2.75) is 64.3 Å². The van der Waals surface area contributed by atoms with E-state index in [4.69, 9.17) is 0 Å². The van der Waals surface area contributed by atoms with Crippen molar-refractivity contribution in [2.75, 3.05) is 7.05 Å². The molecule has 0 heterocycles. The third kappa shape index (κ3) is 2.45. The zero-order valence-corrected chi connectivity index (χ0v) is 13.0. The first kappa shape index (κ1) is 14.6. The molecule has 0 fully saturated rings. The molecule has 1 aliphatic carbocycles. The second kappa shape index (κ2) is 6.09. The van der Waals surface area contributed by atoms with E-state index >= 15 is 0 Å². The molecule has 1 N–H and O–H groups in total. The second-order valence-electron chi connectivity index (χ2n) is 6.16. The van der Waals surface area contributed by atoms with E-state index in [-0.39, 0.29) is 0 Å². The number of benzene rings is 1. The molecule has 0 amide bonds. The van der Waals surface area contributed by atoms with Gasteiger partial charge in [-0.15, -0.1) is 0 Å². The monoisotopic (exact) mass is 259 g/mol. The Kier molecular flexibility index (Phi) is 4.67. The van der Waals surface area contributed by atoms with E-state index in [0.717, 1.165) is 0 Å². The number of rotatable bonds is 5. The molecule has 2 rings (SSSR count). The molecule has 0 radical (unpaired) electrons. The number of likely N-dealkylation sites (N-methyl/N-ethyl adjacent to an activating group) is 1. The molecule has 1 aromatic rings. The van der Waals surface area contributed by atoms with Crippen LogP contribution in [0.1, 0.15) is 57.6 Å². The molecule has 1 aromatic carbocycles. The summed E-state index contributed by atoms with van der Waals surface area (Å²) in [5.74, 6) is 0.712. The Hall–Kier alpha value is -0.820. The van der Waals surface area contributed by atoms with E-state index in [0.29, 0.717) is 17.4 Å². The minimum absolute atomic E-state index is 0.374. The summed E-state index contributed by atoms with van der Waals surface area (Å²) in [5, 5.41) is 3.56. The smallest absolute Gasteiger partial charge is 0.0139 e. The molecule has 3 atom stereocenters. The first-order valence-electron chi connectivity index (χ1n) is 7.95. The molecule has 106 valence electrons. The lowest BCUT2D eigenvalue weighted by Crippen LogP contribution is -2.50. The third-order valence-corrected chi connectivity index (χ3v) is 5.45. The average Bonchev–Trinajstić information content (AvgIpc) is 2.46. The van der Waals surface area contributed by atoms with Crippen LogP contribution in [0.25, 0.3) is 0 Å². The van der Waals surface area contributed by atoms with Gasteiger partial charge in [0.05, 0.1) is 0 Å². The Morgan fingerprint density at radius 3 is 2.63 bits per heavy atom. The van der Waals surface area contributed by atoms with Gasteiger partial charge in [-0.25, -0.2) is 0 Å². The zero-order valence-electron chi connectivity index (χ0n) is 13.0. The molecule has 0 aromatic heterocycles. The maximum atomic E-state index is 3.56. The predicted octanol–water partition coefficient (Wildman–Crippen LogP) is 4.30. The van der Waals surface area contributed by atoms with E-state index in [2.05, 4.69) is 57.4 Å². The van der Waals surface area contributed by atoms with Gasteiger partial charge in [-0.3, -0.25) is 0 Å². The van der Waals surface area contributed by atoms with Gasteiger partial charge < -0.3 is 5.32 Å². The number of hydrogen-bond acceptors (Lipinski definition) is 1. The largest absolute Gasteiger partial charge is 0.316 e. The predicted molar refractivity (Wildman–Crippen MR) is 83.7 cm³/mol. The molecular weight excluding hydrogens is 230 g/mol. The summed E-state index contributed by atoms with van der Waals surface area (Å²) in [6, 6.07) is 9.76. The molecule has 0 aliphatic heterocycles. The first-order chi connectivity index (χ1) is 9.19. The Balaban J connectivity index is 2.47. The minimum Gasteiger partial charge on any atom is -0.316 e. The molecule has 0 bridgehead atoms. The van der Waals surface area contributed by atoms with Gasteiger partial charge in [0.2, 0.25) is 0 Å². The van der Waals surface area contributed by atoms with E-state index in [1.807, 2.05) is 0 Å².